The number of ether oxygens (including phenoxy) is 1. The number of aliphatic hydroxyl groups excluding tert-OH is 1. The maximum Gasteiger partial charge on any atom is 0.274 e. The number of hydrogen-bond acceptors (Lipinski definition) is 8. The van der Waals surface area contributed by atoms with Gasteiger partial charge in [-0.05, 0) is 65.5 Å². The van der Waals surface area contributed by atoms with Crippen molar-refractivity contribution in [2.45, 2.75) is 89.3 Å². The van der Waals surface area contributed by atoms with E-state index in [2.05, 4.69) is 33.4 Å². The highest BCUT2D eigenvalue weighted by molar-refractivity contribution is 5.95. The Morgan fingerprint density at radius 3 is 2.55 bits per heavy atom. The highest BCUT2D eigenvalue weighted by Gasteiger charge is 2.61. The van der Waals surface area contributed by atoms with E-state index in [1.165, 1.54) is 5.56 Å². The molecule has 3 amide bonds. The lowest BCUT2D eigenvalue weighted by atomic mass is 9.72. The number of rotatable bonds is 6. The molecule has 4 aliphatic rings. The second-order valence-corrected chi connectivity index (χ2v) is 14.9. The largest absolute Gasteiger partial charge is 0.469 e. The Kier molecular flexibility index (Phi) is 8.13. The number of hydrogen-bond donors (Lipinski definition) is 5. The Bertz CT molecular complexity index is 2040. The SMILES string of the molecule is CC(C)[C@H](O)C(=O)NC1Cc2ccc3c(c2)C2(c4ccccc4NC2O3)c2oc(nc2C(=O)N[C@@H]2CCCc3ccccc32)[C@H](C(C)C)NC1=O. The number of nitrogens with zero attached hydrogens (tertiary/aromatic N) is 1. The number of benzene rings is 3. The third-order valence-corrected chi connectivity index (χ3v) is 10.8. The van der Waals surface area contributed by atoms with Crippen molar-refractivity contribution < 1.29 is 28.6 Å². The van der Waals surface area contributed by atoms with Crippen LogP contribution >= 0.6 is 0 Å². The maximum atomic E-state index is 14.7. The molecular weight excluding hydrogens is 646 g/mol. The van der Waals surface area contributed by atoms with Crippen LogP contribution in [0.4, 0.5) is 5.69 Å². The molecule has 11 nitrogen and oxygen atoms in total. The smallest absolute Gasteiger partial charge is 0.274 e. The van der Waals surface area contributed by atoms with Crippen molar-refractivity contribution in [1.82, 2.24) is 20.9 Å². The van der Waals surface area contributed by atoms with Crippen molar-refractivity contribution in [3.63, 3.8) is 0 Å². The Hall–Kier alpha value is -5.16. The molecule has 0 fully saturated rings. The number of carbonyl (C=O) groups excluding carboxylic acids is 3. The molecule has 4 bridgehead atoms. The van der Waals surface area contributed by atoms with Gasteiger partial charge in [-0.2, -0.15) is 0 Å². The van der Waals surface area contributed by atoms with Crippen LogP contribution in [0.25, 0.3) is 0 Å². The fraction of sp³-hybridized carbons (Fsp3) is 0.400. The molecule has 1 aromatic heterocycles. The Morgan fingerprint density at radius 1 is 0.961 bits per heavy atom. The number of para-hydroxylation sites is 1. The van der Waals surface area contributed by atoms with Crippen molar-refractivity contribution in [3.05, 3.63) is 112 Å². The molecule has 8 rings (SSSR count). The fourth-order valence-electron chi connectivity index (χ4n) is 8.15. The molecule has 11 heteroatoms. The summed E-state index contributed by atoms with van der Waals surface area (Å²) >= 11 is 0. The number of amides is 3. The third-order valence-electron chi connectivity index (χ3n) is 10.8. The number of aliphatic hydroxyl groups is 1. The highest BCUT2D eigenvalue weighted by atomic mass is 16.5. The number of oxazole rings is 1. The molecule has 0 saturated carbocycles. The van der Waals surface area contributed by atoms with Gasteiger partial charge in [0.05, 0.1) is 6.04 Å². The van der Waals surface area contributed by atoms with Crippen LogP contribution in [0.3, 0.4) is 0 Å². The summed E-state index contributed by atoms with van der Waals surface area (Å²) in [7, 11) is 0. The first-order valence-corrected chi connectivity index (χ1v) is 17.9. The predicted octanol–water partition coefficient (Wildman–Crippen LogP) is 4.83. The van der Waals surface area contributed by atoms with Crippen LogP contribution in [-0.2, 0) is 27.8 Å². The summed E-state index contributed by atoms with van der Waals surface area (Å²) < 4.78 is 13.5. The van der Waals surface area contributed by atoms with Crippen molar-refractivity contribution in [3.8, 4) is 5.75 Å². The van der Waals surface area contributed by atoms with Gasteiger partial charge in [0, 0.05) is 17.7 Å². The first-order valence-electron chi connectivity index (χ1n) is 17.9. The Labute approximate surface area is 296 Å². The molecular formula is C40H43N5O6. The second kappa shape index (κ2) is 12.6. The highest BCUT2D eigenvalue weighted by Crippen LogP contribution is 2.58. The summed E-state index contributed by atoms with van der Waals surface area (Å²) in [4.78, 5) is 46.8. The monoisotopic (exact) mass is 689 g/mol. The van der Waals surface area contributed by atoms with Gasteiger partial charge in [-0.15, -0.1) is 0 Å². The summed E-state index contributed by atoms with van der Waals surface area (Å²) in [5.74, 6) is -0.897. The van der Waals surface area contributed by atoms with Gasteiger partial charge in [-0.25, -0.2) is 4.98 Å². The van der Waals surface area contributed by atoms with Crippen LogP contribution in [0.5, 0.6) is 5.75 Å². The second-order valence-electron chi connectivity index (χ2n) is 14.9. The normalized spacial score (nSPS) is 24.9. The molecule has 3 aromatic carbocycles. The molecule has 6 atom stereocenters. The number of aromatic nitrogens is 1. The van der Waals surface area contributed by atoms with Gasteiger partial charge in [0.1, 0.15) is 29.4 Å². The molecule has 3 aliphatic heterocycles. The van der Waals surface area contributed by atoms with Crippen LogP contribution in [0.1, 0.15) is 103 Å². The first-order chi connectivity index (χ1) is 24.6. The van der Waals surface area contributed by atoms with Gasteiger partial charge in [-0.3, -0.25) is 14.4 Å². The minimum Gasteiger partial charge on any atom is -0.469 e. The third kappa shape index (κ3) is 5.37. The van der Waals surface area contributed by atoms with E-state index >= 15 is 0 Å². The lowest BCUT2D eigenvalue weighted by molar-refractivity contribution is -0.135. The zero-order valence-electron chi connectivity index (χ0n) is 29.2. The maximum absolute atomic E-state index is 14.7. The van der Waals surface area contributed by atoms with Crippen molar-refractivity contribution in [2.75, 3.05) is 5.32 Å². The zero-order chi connectivity index (χ0) is 35.6. The Balaban J connectivity index is 1.31. The van der Waals surface area contributed by atoms with Gasteiger partial charge < -0.3 is 35.5 Å². The van der Waals surface area contributed by atoms with E-state index in [0.29, 0.717) is 11.5 Å². The molecule has 51 heavy (non-hydrogen) atoms. The van der Waals surface area contributed by atoms with Crippen LogP contribution in [0, 0.1) is 11.8 Å². The summed E-state index contributed by atoms with van der Waals surface area (Å²) in [5.41, 5.74) is 4.57. The van der Waals surface area contributed by atoms with Gasteiger partial charge in [0.25, 0.3) is 5.91 Å². The van der Waals surface area contributed by atoms with Gasteiger partial charge in [-0.1, -0.05) is 82.3 Å². The van der Waals surface area contributed by atoms with Gasteiger partial charge in [0.15, 0.2) is 17.7 Å². The first kappa shape index (κ1) is 33.0. The number of fused-ring (bicyclic) bond motifs is 5. The van der Waals surface area contributed by atoms with Gasteiger partial charge in [0.2, 0.25) is 17.7 Å². The van der Waals surface area contributed by atoms with E-state index in [4.69, 9.17) is 14.1 Å². The molecule has 4 heterocycles. The summed E-state index contributed by atoms with van der Waals surface area (Å²) in [6.07, 6.45) is 0.898. The number of anilines is 1. The fourth-order valence-corrected chi connectivity index (χ4v) is 8.15. The molecule has 3 unspecified atom stereocenters. The van der Waals surface area contributed by atoms with E-state index in [9.17, 15) is 19.5 Å². The van der Waals surface area contributed by atoms with E-state index in [1.807, 2.05) is 68.4 Å². The average Bonchev–Trinajstić information content (AvgIpc) is 3.79. The minimum atomic E-state index is -1.29. The number of carbonyl (C=O) groups is 3. The summed E-state index contributed by atoms with van der Waals surface area (Å²) in [6, 6.07) is 19.8. The van der Waals surface area contributed by atoms with E-state index in [0.717, 1.165) is 47.2 Å². The molecule has 1 spiro atoms. The molecule has 1 aliphatic carbocycles. The number of aryl methyl sites for hydroxylation is 1. The molecule has 264 valence electrons. The lowest BCUT2D eigenvalue weighted by Crippen LogP contribution is -2.52. The van der Waals surface area contributed by atoms with Crippen molar-refractivity contribution >= 4 is 23.4 Å². The van der Waals surface area contributed by atoms with Crippen LogP contribution in [-0.4, -0.2) is 46.2 Å². The summed E-state index contributed by atoms with van der Waals surface area (Å²) in [5, 5.41) is 23.3. The quantitative estimate of drug-likeness (QED) is 0.193. The molecule has 5 N–H and O–H groups in total. The topological polar surface area (TPSA) is 155 Å². The lowest BCUT2D eigenvalue weighted by Gasteiger charge is -2.29. The van der Waals surface area contributed by atoms with E-state index < -0.39 is 41.6 Å². The molecule has 4 aromatic rings. The van der Waals surface area contributed by atoms with Crippen LogP contribution in [0.2, 0.25) is 0 Å². The van der Waals surface area contributed by atoms with E-state index in [-0.39, 0.29) is 41.8 Å². The standard InChI is InChI=1S/C40H43N5O6/c1-20(2)31-38-45-32(36(48)41-27-15-9-11-23-10-5-6-12-24(23)27)34(51-38)40-25-13-7-8-14-28(25)43-39(40)50-30-17-16-22(18-26(30)40)19-29(35(47)44-31)42-37(49)33(46)21(3)4/h5-8,10,12-14,16-18,20-21,27,29,31,33,39,43,46H,9,11,15,19H2,1-4H3,(H,41,48)(H,42,49)(H,44,47)/t27-,29?,31+,33+,39?,40?/m1/s1. The number of nitrogens with one attached hydrogen (secondary N) is 4. The van der Waals surface area contributed by atoms with E-state index in [1.54, 1.807) is 13.8 Å². The van der Waals surface area contributed by atoms with Crippen LogP contribution in [0.15, 0.2) is 71.1 Å². The predicted molar refractivity (Wildman–Crippen MR) is 189 cm³/mol. The zero-order valence-corrected chi connectivity index (χ0v) is 29.2. The van der Waals surface area contributed by atoms with Crippen molar-refractivity contribution in [2.24, 2.45) is 11.8 Å². The van der Waals surface area contributed by atoms with Crippen molar-refractivity contribution in [1.29, 1.82) is 0 Å². The van der Waals surface area contributed by atoms with Gasteiger partial charge >= 0.3 is 0 Å². The average molecular weight is 690 g/mol. The molecule has 0 radical (unpaired) electrons. The Morgan fingerprint density at radius 2 is 1.75 bits per heavy atom. The summed E-state index contributed by atoms with van der Waals surface area (Å²) in [6.45, 7) is 7.35. The minimum absolute atomic E-state index is 0.127. The van der Waals surface area contributed by atoms with Crippen LogP contribution < -0.4 is 26.0 Å². The molecule has 0 saturated heterocycles.